The number of likely N-dealkylation sites (N-methyl/N-ethyl adjacent to an activating group) is 1. The fourth-order valence-corrected chi connectivity index (χ4v) is 5.57. The normalized spacial score (nSPS) is 18.3. The SMILES string of the molecule is CN1CCN(Cc2ccc(Cn3nc(N4C[C@H](c5ccccc5)C(c5ccc(Cl)cc5)=N4)n(C)c3=O)cc2)CC1. The largest absolute Gasteiger partial charge is 0.347 e. The van der Waals surface area contributed by atoms with Crippen molar-refractivity contribution in [3.05, 3.63) is 117 Å². The molecule has 2 aliphatic rings. The van der Waals surface area contributed by atoms with E-state index in [2.05, 4.69) is 53.2 Å². The van der Waals surface area contributed by atoms with Gasteiger partial charge in [-0.2, -0.15) is 5.10 Å². The Morgan fingerprint density at radius 1 is 0.825 bits per heavy atom. The minimum atomic E-state index is -0.164. The molecule has 40 heavy (non-hydrogen) atoms. The van der Waals surface area contributed by atoms with E-state index >= 15 is 0 Å². The zero-order chi connectivity index (χ0) is 27.6. The maximum atomic E-state index is 13.2. The van der Waals surface area contributed by atoms with E-state index in [1.54, 1.807) is 11.6 Å². The molecule has 8 nitrogen and oxygen atoms in total. The summed E-state index contributed by atoms with van der Waals surface area (Å²) in [4.78, 5) is 18.1. The summed E-state index contributed by atoms with van der Waals surface area (Å²) in [5.74, 6) is 0.567. The van der Waals surface area contributed by atoms with Crippen LogP contribution in [0, 0.1) is 0 Å². The monoisotopic (exact) mass is 555 g/mol. The van der Waals surface area contributed by atoms with E-state index < -0.39 is 0 Å². The number of halogens is 1. The highest BCUT2D eigenvalue weighted by molar-refractivity contribution is 6.30. The Bertz CT molecular complexity index is 1540. The van der Waals surface area contributed by atoms with Gasteiger partial charge in [-0.25, -0.2) is 14.5 Å². The van der Waals surface area contributed by atoms with E-state index in [0.717, 1.165) is 49.6 Å². The molecule has 2 aliphatic heterocycles. The second-order valence-electron chi connectivity index (χ2n) is 10.7. The third-order valence-corrected chi connectivity index (χ3v) is 8.11. The third kappa shape index (κ3) is 5.61. The molecule has 3 aromatic carbocycles. The first-order valence-electron chi connectivity index (χ1n) is 13.7. The average Bonchev–Trinajstić information content (AvgIpc) is 3.53. The van der Waals surface area contributed by atoms with Crippen LogP contribution in [0.4, 0.5) is 5.95 Å². The molecule has 1 atom stereocenters. The lowest BCUT2D eigenvalue weighted by molar-refractivity contribution is 0.148. The Balaban J connectivity index is 1.22. The smallest absolute Gasteiger partial charge is 0.304 e. The maximum absolute atomic E-state index is 13.2. The molecule has 3 heterocycles. The summed E-state index contributed by atoms with van der Waals surface area (Å²) in [5, 5.41) is 12.2. The number of benzene rings is 3. The summed E-state index contributed by atoms with van der Waals surface area (Å²) in [7, 11) is 3.93. The number of rotatable bonds is 7. The van der Waals surface area contributed by atoms with Gasteiger partial charge in [0.1, 0.15) is 0 Å². The average molecular weight is 556 g/mol. The van der Waals surface area contributed by atoms with Gasteiger partial charge < -0.3 is 4.90 Å². The van der Waals surface area contributed by atoms with Crippen LogP contribution in [0.1, 0.15) is 28.2 Å². The molecule has 6 rings (SSSR count). The van der Waals surface area contributed by atoms with Crippen molar-refractivity contribution in [2.24, 2.45) is 12.1 Å². The summed E-state index contributed by atoms with van der Waals surface area (Å²) in [6.45, 7) is 6.35. The molecule has 0 spiro atoms. The molecule has 0 saturated carbocycles. The highest BCUT2D eigenvalue weighted by Crippen LogP contribution is 2.31. The summed E-state index contributed by atoms with van der Waals surface area (Å²) in [6.07, 6.45) is 0. The Hall–Kier alpha value is -3.72. The molecular formula is C31H34ClN7O. The predicted molar refractivity (Wildman–Crippen MR) is 160 cm³/mol. The van der Waals surface area contributed by atoms with Crippen LogP contribution < -0.4 is 10.7 Å². The van der Waals surface area contributed by atoms with Crippen molar-refractivity contribution in [1.82, 2.24) is 24.1 Å². The second kappa shape index (κ2) is 11.4. The lowest BCUT2D eigenvalue weighted by Crippen LogP contribution is -2.43. The van der Waals surface area contributed by atoms with Gasteiger partial charge in [-0.3, -0.25) is 9.47 Å². The lowest BCUT2D eigenvalue weighted by Gasteiger charge is -2.32. The number of aromatic nitrogens is 3. The van der Waals surface area contributed by atoms with Gasteiger partial charge in [0.2, 0.25) is 5.95 Å². The van der Waals surface area contributed by atoms with Gasteiger partial charge in [0.05, 0.1) is 18.8 Å². The van der Waals surface area contributed by atoms with Crippen LogP contribution in [-0.2, 0) is 20.1 Å². The van der Waals surface area contributed by atoms with Crippen molar-refractivity contribution in [2.45, 2.75) is 19.0 Å². The van der Waals surface area contributed by atoms with Gasteiger partial charge >= 0.3 is 5.69 Å². The number of anilines is 1. The van der Waals surface area contributed by atoms with Crippen LogP contribution in [0.3, 0.4) is 0 Å². The van der Waals surface area contributed by atoms with Gasteiger partial charge in [-0.15, -0.1) is 5.10 Å². The fourth-order valence-electron chi connectivity index (χ4n) is 5.45. The molecule has 0 bridgehead atoms. The molecule has 1 aromatic heterocycles. The predicted octanol–water partition coefficient (Wildman–Crippen LogP) is 4.04. The molecule has 1 saturated heterocycles. The van der Waals surface area contributed by atoms with Crippen LogP contribution in [0.5, 0.6) is 0 Å². The number of piperazine rings is 1. The quantitative estimate of drug-likeness (QED) is 0.344. The first-order valence-corrected chi connectivity index (χ1v) is 14.1. The highest BCUT2D eigenvalue weighted by Gasteiger charge is 2.32. The van der Waals surface area contributed by atoms with Crippen molar-refractivity contribution < 1.29 is 0 Å². The van der Waals surface area contributed by atoms with Crippen LogP contribution in [0.25, 0.3) is 0 Å². The topological polar surface area (TPSA) is 61.9 Å². The first kappa shape index (κ1) is 26.5. The third-order valence-electron chi connectivity index (χ3n) is 7.86. The van der Waals surface area contributed by atoms with Gasteiger partial charge in [0.15, 0.2) is 0 Å². The van der Waals surface area contributed by atoms with Crippen LogP contribution in [-0.4, -0.2) is 69.6 Å². The number of hydrazone groups is 1. The van der Waals surface area contributed by atoms with Crippen molar-refractivity contribution in [2.75, 3.05) is 44.8 Å². The van der Waals surface area contributed by atoms with E-state index in [9.17, 15) is 4.79 Å². The molecule has 0 unspecified atom stereocenters. The first-order chi connectivity index (χ1) is 19.4. The van der Waals surface area contributed by atoms with Gasteiger partial charge in [-0.1, -0.05) is 78.3 Å². The summed E-state index contributed by atoms with van der Waals surface area (Å²) in [6, 6.07) is 26.6. The Kier molecular flexibility index (Phi) is 7.56. The highest BCUT2D eigenvalue weighted by atomic mass is 35.5. The van der Waals surface area contributed by atoms with E-state index in [1.165, 1.54) is 15.8 Å². The van der Waals surface area contributed by atoms with Crippen molar-refractivity contribution in [3.63, 3.8) is 0 Å². The molecule has 0 amide bonds. The van der Waals surface area contributed by atoms with Crippen molar-refractivity contribution >= 4 is 23.3 Å². The molecule has 9 heteroatoms. The van der Waals surface area contributed by atoms with Crippen molar-refractivity contribution in [1.29, 1.82) is 0 Å². The van der Waals surface area contributed by atoms with E-state index in [-0.39, 0.29) is 11.6 Å². The molecule has 4 aromatic rings. The summed E-state index contributed by atoms with van der Waals surface area (Å²) in [5.41, 5.74) is 5.27. The standard InChI is InChI=1S/C31H34ClN7O/c1-35-16-18-37(19-17-35)20-23-8-10-24(11-9-23)21-39-31(40)36(2)30(34-39)38-22-28(25-6-4-3-5-7-25)29(33-38)26-12-14-27(32)15-13-26/h3-15,28H,16-22H2,1-2H3/t28-/m1/s1. The van der Waals surface area contributed by atoms with E-state index in [0.29, 0.717) is 24.1 Å². The molecule has 1 fully saturated rings. The minimum Gasteiger partial charge on any atom is -0.304 e. The zero-order valence-corrected chi connectivity index (χ0v) is 23.7. The molecule has 0 radical (unpaired) electrons. The summed E-state index contributed by atoms with van der Waals surface area (Å²) < 4.78 is 3.11. The van der Waals surface area contributed by atoms with Crippen LogP contribution in [0.15, 0.2) is 88.8 Å². The van der Waals surface area contributed by atoms with Crippen LogP contribution in [0.2, 0.25) is 5.02 Å². The van der Waals surface area contributed by atoms with Gasteiger partial charge in [0.25, 0.3) is 0 Å². The molecule has 0 aliphatic carbocycles. The Morgan fingerprint density at radius 2 is 1.48 bits per heavy atom. The number of nitrogens with zero attached hydrogens (tertiary/aromatic N) is 7. The maximum Gasteiger partial charge on any atom is 0.347 e. The van der Waals surface area contributed by atoms with Gasteiger partial charge in [-0.05, 0) is 41.4 Å². The minimum absolute atomic E-state index is 0.0375. The summed E-state index contributed by atoms with van der Waals surface area (Å²) >= 11 is 6.16. The fraction of sp³-hybridized carbons (Fsp3) is 0.323. The van der Waals surface area contributed by atoms with Crippen molar-refractivity contribution in [3.8, 4) is 0 Å². The Labute approximate surface area is 239 Å². The second-order valence-corrected chi connectivity index (χ2v) is 11.2. The molecular weight excluding hydrogens is 522 g/mol. The number of hydrogen-bond donors (Lipinski definition) is 0. The molecule has 0 N–H and O–H groups in total. The van der Waals surface area contributed by atoms with Gasteiger partial charge in [0, 0.05) is 50.7 Å². The zero-order valence-electron chi connectivity index (χ0n) is 22.9. The van der Waals surface area contributed by atoms with E-state index in [1.807, 2.05) is 47.5 Å². The Morgan fingerprint density at radius 3 is 2.15 bits per heavy atom. The van der Waals surface area contributed by atoms with E-state index in [4.69, 9.17) is 21.8 Å². The molecule has 206 valence electrons. The number of hydrogen-bond acceptors (Lipinski definition) is 6. The lowest BCUT2D eigenvalue weighted by atomic mass is 9.91. The van der Waals surface area contributed by atoms with Crippen LogP contribution >= 0.6 is 11.6 Å².